The average Bonchev–Trinajstić information content (AvgIpc) is 2.46. The van der Waals surface area contributed by atoms with E-state index in [1.807, 2.05) is 6.92 Å². The zero-order chi connectivity index (χ0) is 14.6. The summed E-state index contributed by atoms with van der Waals surface area (Å²) in [5, 5.41) is 2.79. The lowest BCUT2D eigenvalue weighted by atomic mass is 10.2. The lowest BCUT2D eigenvalue weighted by Gasteiger charge is -2.07. The Balaban J connectivity index is 2.24. The maximum absolute atomic E-state index is 11.9. The summed E-state index contributed by atoms with van der Waals surface area (Å²) in [7, 11) is 0. The normalized spacial score (nSPS) is 10.3. The smallest absolute Gasteiger partial charge is 0.224 e. The lowest BCUT2D eigenvalue weighted by Crippen LogP contribution is -2.12. The van der Waals surface area contributed by atoms with E-state index in [1.54, 1.807) is 24.3 Å². The number of amides is 1. The van der Waals surface area contributed by atoms with Gasteiger partial charge in [0.05, 0.1) is 0 Å². The van der Waals surface area contributed by atoms with Crippen LogP contribution in [-0.2, 0) is 9.53 Å². The van der Waals surface area contributed by atoms with Crippen LogP contribution in [0.1, 0.15) is 26.2 Å². The fourth-order valence-electron chi connectivity index (χ4n) is 1.60. The van der Waals surface area contributed by atoms with E-state index in [0.29, 0.717) is 30.9 Å². The van der Waals surface area contributed by atoms with Gasteiger partial charge in [-0.3, -0.25) is 4.79 Å². The highest BCUT2D eigenvalue weighted by atomic mass is 19.1. The fraction of sp³-hybridized carbons (Fsp3) is 0.533. The van der Waals surface area contributed by atoms with Gasteiger partial charge in [-0.15, -0.1) is 0 Å². The van der Waals surface area contributed by atoms with Crippen LogP contribution in [0, 0.1) is 0 Å². The Morgan fingerprint density at radius 3 is 2.60 bits per heavy atom. The summed E-state index contributed by atoms with van der Waals surface area (Å²) < 4.78 is 22.4. The first-order valence-corrected chi connectivity index (χ1v) is 6.92. The SMILES string of the molecule is CCCOCCCC(=O)Nc1ccc(OCCF)cc1. The number of anilines is 1. The Hall–Kier alpha value is -1.62. The summed E-state index contributed by atoms with van der Waals surface area (Å²) in [6, 6.07) is 6.88. The fourth-order valence-corrected chi connectivity index (χ4v) is 1.60. The Labute approximate surface area is 119 Å². The van der Waals surface area contributed by atoms with E-state index in [2.05, 4.69) is 5.32 Å². The quantitative estimate of drug-likeness (QED) is 0.671. The first-order valence-electron chi connectivity index (χ1n) is 6.92. The highest BCUT2D eigenvalue weighted by Gasteiger charge is 2.02. The predicted octanol–water partition coefficient (Wildman–Crippen LogP) is 3.18. The molecule has 4 nitrogen and oxygen atoms in total. The van der Waals surface area contributed by atoms with Crippen molar-refractivity contribution in [3.63, 3.8) is 0 Å². The third-order valence-corrected chi connectivity index (χ3v) is 2.52. The van der Waals surface area contributed by atoms with Gasteiger partial charge in [0.2, 0.25) is 5.91 Å². The largest absolute Gasteiger partial charge is 0.491 e. The molecule has 1 aromatic carbocycles. The van der Waals surface area contributed by atoms with Crippen LogP contribution in [0.15, 0.2) is 24.3 Å². The Bertz CT molecular complexity index is 381. The molecule has 1 amide bonds. The molecule has 0 fully saturated rings. The molecule has 20 heavy (non-hydrogen) atoms. The maximum Gasteiger partial charge on any atom is 0.224 e. The van der Waals surface area contributed by atoms with Crippen LogP contribution in [0.4, 0.5) is 10.1 Å². The topological polar surface area (TPSA) is 47.6 Å². The van der Waals surface area contributed by atoms with Crippen LogP contribution in [0.5, 0.6) is 5.75 Å². The van der Waals surface area contributed by atoms with Gasteiger partial charge in [0.15, 0.2) is 0 Å². The molecule has 0 radical (unpaired) electrons. The monoisotopic (exact) mass is 283 g/mol. The third-order valence-electron chi connectivity index (χ3n) is 2.52. The molecule has 0 aliphatic heterocycles. The van der Waals surface area contributed by atoms with Crippen LogP contribution >= 0.6 is 0 Å². The van der Waals surface area contributed by atoms with Gasteiger partial charge in [-0.2, -0.15) is 0 Å². The van der Waals surface area contributed by atoms with E-state index < -0.39 is 6.67 Å². The molecule has 0 unspecified atom stereocenters. The number of halogens is 1. The maximum atomic E-state index is 11.9. The van der Waals surface area contributed by atoms with E-state index in [4.69, 9.17) is 9.47 Å². The molecule has 0 aliphatic carbocycles. The number of ether oxygens (including phenoxy) is 2. The standard InChI is InChI=1S/C15H22FNO3/c1-2-10-19-11-3-4-15(18)17-13-5-7-14(8-6-13)20-12-9-16/h5-8H,2-4,9-12H2,1H3,(H,17,18). The van der Waals surface area contributed by atoms with Crippen LogP contribution in [0.3, 0.4) is 0 Å². The molecule has 5 heteroatoms. The molecular weight excluding hydrogens is 261 g/mol. The number of nitrogens with one attached hydrogen (secondary N) is 1. The molecule has 1 aromatic rings. The summed E-state index contributed by atoms with van der Waals surface area (Å²) in [6.07, 6.45) is 2.14. The van der Waals surface area contributed by atoms with Gasteiger partial charge in [0.1, 0.15) is 19.0 Å². The second-order valence-electron chi connectivity index (χ2n) is 4.33. The van der Waals surface area contributed by atoms with Crippen LogP contribution in [0.25, 0.3) is 0 Å². The third kappa shape index (κ3) is 7.09. The van der Waals surface area contributed by atoms with Crippen molar-refractivity contribution in [1.82, 2.24) is 0 Å². The van der Waals surface area contributed by atoms with Crippen molar-refractivity contribution in [2.24, 2.45) is 0 Å². The molecule has 0 spiro atoms. The highest BCUT2D eigenvalue weighted by Crippen LogP contribution is 2.15. The molecule has 0 aliphatic rings. The van der Waals surface area contributed by atoms with Crippen molar-refractivity contribution in [2.45, 2.75) is 26.2 Å². The van der Waals surface area contributed by atoms with Crippen LogP contribution in [-0.4, -0.2) is 32.4 Å². The minimum Gasteiger partial charge on any atom is -0.491 e. The molecule has 1 rings (SSSR count). The molecule has 112 valence electrons. The molecular formula is C15H22FNO3. The molecule has 0 aromatic heterocycles. The Morgan fingerprint density at radius 2 is 1.95 bits per heavy atom. The van der Waals surface area contributed by atoms with E-state index in [9.17, 15) is 9.18 Å². The summed E-state index contributed by atoms with van der Waals surface area (Å²) in [4.78, 5) is 11.7. The Morgan fingerprint density at radius 1 is 1.20 bits per heavy atom. The molecule has 0 saturated carbocycles. The van der Waals surface area contributed by atoms with Crippen molar-refractivity contribution in [3.05, 3.63) is 24.3 Å². The number of carbonyl (C=O) groups is 1. The van der Waals surface area contributed by atoms with E-state index in [-0.39, 0.29) is 12.5 Å². The summed E-state index contributed by atoms with van der Waals surface area (Å²) in [5.74, 6) is 0.552. The zero-order valence-corrected chi connectivity index (χ0v) is 11.9. The summed E-state index contributed by atoms with van der Waals surface area (Å²) >= 11 is 0. The van der Waals surface area contributed by atoms with E-state index >= 15 is 0 Å². The van der Waals surface area contributed by atoms with Crippen molar-refractivity contribution >= 4 is 11.6 Å². The second kappa shape index (κ2) is 10.2. The van der Waals surface area contributed by atoms with Gasteiger partial charge in [-0.1, -0.05) is 6.92 Å². The number of hydrogen-bond donors (Lipinski definition) is 1. The number of carbonyl (C=O) groups excluding carboxylic acids is 1. The van der Waals surface area contributed by atoms with Gasteiger partial charge >= 0.3 is 0 Å². The van der Waals surface area contributed by atoms with Crippen LogP contribution < -0.4 is 10.1 Å². The first-order chi connectivity index (χ1) is 9.76. The number of alkyl halides is 1. The lowest BCUT2D eigenvalue weighted by molar-refractivity contribution is -0.116. The van der Waals surface area contributed by atoms with Crippen LogP contribution in [0.2, 0.25) is 0 Å². The molecule has 0 heterocycles. The van der Waals surface area contributed by atoms with Crippen molar-refractivity contribution in [3.8, 4) is 5.75 Å². The number of rotatable bonds is 10. The van der Waals surface area contributed by atoms with Gasteiger partial charge in [0, 0.05) is 25.3 Å². The van der Waals surface area contributed by atoms with Crippen molar-refractivity contribution < 1.29 is 18.7 Å². The molecule has 0 bridgehead atoms. The van der Waals surface area contributed by atoms with Crippen molar-refractivity contribution in [1.29, 1.82) is 0 Å². The Kier molecular flexibility index (Phi) is 8.38. The van der Waals surface area contributed by atoms with E-state index in [0.717, 1.165) is 13.0 Å². The van der Waals surface area contributed by atoms with Gasteiger partial charge in [0.25, 0.3) is 0 Å². The molecule has 1 N–H and O–H groups in total. The second-order valence-corrected chi connectivity index (χ2v) is 4.33. The molecule has 0 atom stereocenters. The summed E-state index contributed by atoms with van der Waals surface area (Å²) in [6.45, 7) is 2.93. The average molecular weight is 283 g/mol. The van der Waals surface area contributed by atoms with Gasteiger partial charge < -0.3 is 14.8 Å². The first kappa shape index (κ1) is 16.4. The minimum atomic E-state index is -0.515. The van der Waals surface area contributed by atoms with Gasteiger partial charge in [-0.25, -0.2) is 4.39 Å². The number of benzene rings is 1. The van der Waals surface area contributed by atoms with E-state index in [1.165, 1.54) is 0 Å². The van der Waals surface area contributed by atoms with Gasteiger partial charge in [-0.05, 0) is 37.1 Å². The molecule has 0 saturated heterocycles. The predicted molar refractivity (Wildman–Crippen MR) is 76.9 cm³/mol. The summed E-state index contributed by atoms with van der Waals surface area (Å²) in [5.41, 5.74) is 0.706. The highest BCUT2D eigenvalue weighted by molar-refractivity contribution is 5.90. The van der Waals surface area contributed by atoms with Crippen molar-refractivity contribution in [2.75, 3.05) is 31.8 Å². The number of hydrogen-bond acceptors (Lipinski definition) is 3. The zero-order valence-electron chi connectivity index (χ0n) is 11.9. The minimum absolute atomic E-state index is 0.0393.